The Morgan fingerprint density at radius 1 is 1.05 bits per heavy atom. The molecule has 1 aromatic rings. The van der Waals surface area contributed by atoms with Gasteiger partial charge in [0.25, 0.3) is 0 Å². The van der Waals surface area contributed by atoms with E-state index in [0.29, 0.717) is 5.92 Å². The van der Waals surface area contributed by atoms with Gasteiger partial charge in [-0.05, 0) is 43.7 Å². The van der Waals surface area contributed by atoms with Gasteiger partial charge in [-0.25, -0.2) is 0 Å². The number of piperidine rings is 1. The molecule has 1 heterocycles. The molecular formula is C18H26BrN. The van der Waals surface area contributed by atoms with Gasteiger partial charge in [0.05, 0.1) is 0 Å². The second kappa shape index (κ2) is 7.09. The van der Waals surface area contributed by atoms with Crippen molar-refractivity contribution in [1.82, 2.24) is 4.90 Å². The van der Waals surface area contributed by atoms with Crippen molar-refractivity contribution in [3.8, 4) is 0 Å². The maximum absolute atomic E-state index is 3.74. The minimum atomic E-state index is 0.636. The van der Waals surface area contributed by atoms with E-state index < -0.39 is 0 Å². The highest BCUT2D eigenvalue weighted by Gasteiger charge is 2.33. The van der Waals surface area contributed by atoms with E-state index in [0.717, 1.165) is 17.3 Å². The summed E-state index contributed by atoms with van der Waals surface area (Å²) in [6.07, 6.45) is 8.72. The molecule has 3 atom stereocenters. The van der Waals surface area contributed by atoms with Gasteiger partial charge in [-0.15, -0.1) is 0 Å². The summed E-state index contributed by atoms with van der Waals surface area (Å²) in [5.41, 5.74) is 1.49. The van der Waals surface area contributed by atoms with E-state index in [2.05, 4.69) is 51.2 Å². The molecule has 0 amide bonds. The highest BCUT2D eigenvalue weighted by molar-refractivity contribution is 9.09. The van der Waals surface area contributed by atoms with E-state index in [9.17, 15) is 0 Å². The zero-order valence-electron chi connectivity index (χ0n) is 12.3. The zero-order chi connectivity index (χ0) is 13.8. The molecule has 0 radical (unpaired) electrons. The Morgan fingerprint density at radius 3 is 2.60 bits per heavy atom. The summed E-state index contributed by atoms with van der Waals surface area (Å²) in [4.78, 5) is 2.81. The van der Waals surface area contributed by atoms with Crippen molar-refractivity contribution in [3.05, 3.63) is 35.9 Å². The van der Waals surface area contributed by atoms with Crippen molar-refractivity contribution in [2.75, 3.05) is 18.4 Å². The van der Waals surface area contributed by atoms with E-state index in [1.165, 1.54) is 57.2 Å². The van der Waals surface area contributed by atoms with Crippen molar-refractivity contribution in [2.45, 2.75) is 50.5 Å². The molecule has 1 saturated heterocycles. The Balaban J connectivity index is 1.68. The fourth-order valence-electron chi connectivity index (χ4n) is 4.21. The number of benzene rings is 1. The highest BCUT2D eigenvalue weighted by Crippen LogP contribution is 2.36. The molecule has 110 valence electrons. The smallest absolute Gasteiger partial charge is 0.0124 e. The van der Waals surface area contributed by atoms with Crippen LogP contribution in [0.25, 0.3) is 0 Å². The summed E-state index contributed by atoms with van der Waals surface area (Å²) < 4.78 is 0. The molecule has 2 fully saturated rings. The van der Waals surface area contributed by atoms with Gasteiger partial charge in [0.1, 0.15) is 0 Å². The number of likely N-dealkylation sites (tertiary alicyclic amines) is 1. The Kier molecular flexibility index (Phi) is 5.17. The first-order valence-electron chi connectivity index (χ1n) is 8.23. The number of nitrogens with zero attached hydrogens (tertiary/aromatic N) is 1. The number of fused-ring (bicyclic) bond motifs is 1. The van der Waals surface area contributed by atoms with Gasteiger partial charge < -0.3 is 0 Å². The molecule has 3 rings (SSSR count). The Hall–Kier alpha value is -0.340. The van der Waals surface area contributed by atoms with Crippen LogP contribution in [0.4, 0.5) is 0 Å². The van der Waals surface area contributed by atoms with Crippen molar-refractivity contribution < 1.29 is 0 Å². The van der Waals surface area contributed by atoms with Crippen molar-refractivity contribution >= 4 is 15.9 Å². The van der Waals surface area contributed by atoms with Crippen LogP contribution < -0.4 is 0 Å². The first-order chi connectivity index (χ1) is 9.88. The molecular weight excluding hydrogens is 310 g/mol. The quantitative estimate of drug-likeness (QED) is 0.713. The zero-order valence-corrected chi connectivity index (χ0v) is 13.9. The third kappa shape index (κ3) is 3.28. The lowest BCUT2D eigenvalue weighted by molar-refractivity contribution is 0.0574. The largest absolute Gasteiger partial charge is 0.299 e. The minimum absolute atomic E-state index is 0.636. The van der Waals surface area contributed by atoms with Crippen LogP contribution in [0.3, 0.4) is 0 Å². The molecule has 0 spiro atoms. The molecule has 2 heteroatoms. The van der Waals surface area contributed by atoms with Crippen LogP contribution in [-0.4, -0.2) is 29.4 Å². The number of rotatable bonds is 4. The fraction of sp³-hybridized carbons (Fsp3) is 0.667. The monoisotopic (exact) mass is 335 g/mol. The van der Waals surface area contributed by atoms with Crippen molar-refractivity contribution in [2.24, 2.45) is 5.92 Å². The third-order valence-corrected chi connectivity index (χ3v) is 6.05. The average molecular weight is 336 g/mol. The molecule has 1 aliphatic carbocycles. The standard InChI is InChI=1S/C18H26BrN/c19-13-17(15-7-2-1-3-8-15)14-20-12-6-10-16-9-4-5-11-18(16)20/h1-3,7-8,16-18H,4-6,9-14H2. The lowest BCUT2D eigenvalue weighted by Gasteiger charge is -2.45. The Labute approximate surface area is 131 Å². The van der Waals surface area contributed by atoms with E-state index in [1.807, 2.05) is 0 Å². The Morgan fingerprint density at radius 2 is 1.80 bits per heavy atom. The molecule has 0 N–H and O–H groups in total. The first kappa shape index (κ1) is 14.6. The number of hydrogen-bond acceptors (Lipinski definition) is 1. The maximum atomic E-state index is 3.74. The number of alkyl halides is 1. The van der Waals surface area contributed by atoms with Crippen LogP contribution >= 0.6 is 15.9 Å². The Bertz CT molecular complexity index is 403. The SMILES string of the molecule is BrCC(CN1CCCC2CCCCC21)c1ccccc1. The minimum Gasteiger partial charge on any atom is -0.299 e. The van der Waals surface area contributed by atoms with Gasteiger partial charge >= 0.3 is 0 Å². The molecule has 1 saturated carbocycles. The van der Waals surface area contributed by atoms with Crippen molar-refractivity contribution in [3.63, 3.8) is 0 Å². The summed E-state index contributed by atoms with van der Waals surface area (Å²) in [6.45, 7) is 2.55. The third-order valence-electron chi connectivity index (χ3n) is 5.27. The van der Waals surface area contributed by atoms with Gasteiger partial charge in [-0.1, -0.05) is 59.1 Å². The van der Waals surface area contributed by atoms with Gasteiger partial charge in [0, 0.05) is 23.8 Å². The number of halogens is 1. The molecule has 0 bridgehead atoms. The van der Waals surface area contributed by atoms with E-state index in [-0.39, 0.29) is 0 Å². The van der Waals surface area contributed by atoms with E-state index in [1.54, 1.807) is 0 Å². The van der Waals surface area contributed by atoms with Crippen LogP contribution in [0.15, 0.2) is 30.3 Å². The van der Waals surface area contributed by atoms with Gasteiger partial charge in [-0.3, -0.25) is 4.90 Å². The summed E-state index contributed by atoms with van der Waals surface area (Å²) in [5.74, 6) is 1.63. The van der Waals surface area contributed by atoms with Crippen LogP contribution in [0, 0.1) is 5.92 Å². The van der Waals surface area contributed by atoms with Gasteiger partial charge in [0.2, 0.25) is 0 Å². The molecule has 20 heavy (non-hydrogen) atoms. The van der Waals surface area contributed by atoms with E-state index >= 15 is 0 Å². The predicted octanol–water partition coefficient (Wildman–Crippen LogP) is 4.82. The molecule has 2 aliphatic rings. The molecule has 0 aromatic heterocycles. The molecule has 1 nitrogen and oxygen atoms in total. The summed E-state index contributed by atoms with van der Waals surface area (Å²) in [7, 11) is 0. The maximum Gasteiger partial charge on any atom is 0.0124 e. The predicted molar refractivity (Wildman–Crippen MR) is 89.5 cm³/mol. The lowest BCUT2D eigenvalue weighted by Crippen LogP contribution is -2.48. The summed E-state index contributed by atoms with van der Waals surface area (Å²) in [6, 6.07) is 11.9. The van der Waals surface area contributed by atoms with Crippen molar-refractivity contribution in [1.29, 1.82) is 0 Å². The molecule has 3 unspecified atom stereocenters. The van der Waals surface area contributed by atoms with Gasteiger partial charge in [0.15, 0.2) is 0 Å². The normalized spacial score (nSPS) is 28.9. The second-order valence-electron chi connectivity index (χ2n) is 6.51. The van der Waals surface area contributed by atoms with Gasteiger partial charge in [-0.2, -0.15) is 0 Å². The average Bonchev–Trinajstić information content (AvgIpc) is 2.53. The lowest BCUT2D eigenvalue weighted by atomic mass is 9.78. The fourth-order valence-corrected chi connectivity index (χ4v) is 4.78. The summed E-state index contributed by atoms with van der Waals surface area (Å²) >= 11 is 3.74. The van der Waals surface area contributed by atoms with E-state index in [4.69, 9.17) is 0 Å². The highest BCUT2D eigenvalue weighted by atomic mass is 79.9. The summed E-state index contributed by atoms with van der Waals surface area (Å²) in [5, 5.41) is 1.07. The molecule has 1 aromatic carbocycles. The van der Waals surface area contributed by atoms with Crippen LogP contribution in [0.5, 0.6) is 0 Å². The molecule has 1 aliphatic heterocycles. The van der Waals surface area contributed by atoms with Crippen LogP contribution in [0.2, 0.25) is 0 Å². The van der Waals surface area contributed by atoms with Crippen LogP contribution in [0.1, 0.15) is 50.0 Å². The van der Waals surface area contributed by atoms with Crippen LogP contribution in [-0.2, 0) is 0 Å². The first-order valence-corrected chi connectivity index (χ1v) is 9.35. The topological polar surface area (TPSA) is 3.24 Å². The second-order valence-corrected chi connectivity index (χ2v) is 7.16. The number of hydrogen-bond donors (Lipinski definition) is 0.